The Morgan fingerprint density at radius 3 is 2.23 bits per heavy atom. The second-order valence-corrected chi connectivity index (χ2v) is 3.48. The van der Waals surface area contributed by atoms with E-state index < -0.39 is 0 Å². The van der Waals surface area contributed by atoms with Crippen LogP contribution < -0.4 is 5.32 Å². The van der Waals surface area contributed by atoms with E-state index in [1.165, 1.54) is 0 Å². The third-order valence-corrected chi connectivity index (χ3v) is 2.00. The zero-order valence-corrected chi connectivity index (χ0v) is 9.30. The fourth-order valence-electron chi connectivity index (χ4n) is 1.14. The van der Waals surface area contributed by atoms with Crippen LogP contribution in [0.3, 0.4) is 0 Å². The SMILES string of the molecule is CNC(CCOC)CCOC(C)C. The van der Waals surface area contributed by atoms with E-state index in [2.05, 4.69) is 19.2 Å². The molecule has 0 bridgehead atoms. The van der Waals surface area contributed by atoms with Gasteiger partial charge in [0.25, 0.3) is 0 Å². The molecule has 0 heterocycles. The van der Waals surface area contributed by atoms with Crippen LogP contribution in [0.5, 0.6) is 0 Å². The van der Waals surface area contributed by atoms with Crippen LogP contribution in [-0.4, -0.2) is 39.5 Å². The minimum absolute atomic E-state index is 0.333. The zero-order valence-electron chi connectivity index (χ0n) is 9.30. The average Bonchev–Trinajstić information content (AvgIpc) is 2.10. The zero-order chi connectivity index (χ0) is 10.1. The van der Waals surface area contributed by atoms with E-state index in [-0.39, 0.29) is 0 Å². The van der Waals surface area contributed by atoms with Crippen LogP contribution in [0.2, 0.25) is 0 Å². The predicted molar refractivity (Wildman–Crippen MR) is 55.0 cm³/mol. The van der Waals surface area contributed by atoms with Crippen molar-refractivity contribution in [3.63, 3.8) is 0 Å². The quantitative estimate of drug-likeness (QED) is 0.626. The van der Waals surface area contributed by atoms with Gasteiger partial charge in [0, 0.05) is 26.4 Å². The number of nitrogens with one attached hydrogen (secondary N) is 1. The van der Waals surface area contributed by atoms with Crippen molar-refractivity contribution in [3.8, 4) is 0 Å². The van der Waals surface area contributed by atoms with Crippen molar-refractivity contribution >= 4 is 0 Å². The minimum atomic E-state index is 0.333. The lowest BCUT2D eigenvalue weighted by Gasteiger charge is -2.16. The third-order valence-electron chi connectivity index (χ3n) is 2.00. The van der Waals surface area contributed by atoms with Gasteiger partial charge in [0.15, 0.2) is 0 Å². The molecule has 0 aromatic heterocycles. The van der Waals surface area contributed by atoms with Crippen molar-refractivity contribution in [3.05, 3.63) is 0 Å². The van der Waals surface area contributed by atoms with Gasteiger partial charge in [-0.2, -0.15) is 0 Å². The summed E-state index contributed by atoms with van der Waals surface area (Å²) in [7, 11) is 3.72. The van der Waals surface area contributed by atoms with Gasteiger partial charge in [-0.05, 0) is 33.7 Å². The largest absolute Gasteiger partial charge is 0.385 e. The number of rotatable bonds is 8. The lowest BCUT2D eigenvalue weighted by Crippen LogP contribution is -2.28. The summed E-state index contributed by atoms with van der Waals surface area (Å²) in [4.78, 5) is 0. The number of methoxy groups -OCH3 is 1. The Morgan fingerprint density at radius 2 is 1.77 bits per heavy atom. The number of hydrogen-bond acceptors (Lipinski definition) is 3. The first kappa shape index (κ1) is 12.9. The maximum atomic E-state index is 5.47. The van der Waals surface area contributed by atoms with Crippen molar-refractivity contribution in [1.82, 2.24) is 5.32 Å². The third kappa shape index (κ3) is 8.22. The molecule has 0 saturated heterocycles. The molecule has 0 radical (unpaired) electrons. The standard InChI is InChI=1S/C10H23NO2/c1-9(2)13-8-6-10(11-3)5-7-12-4/h9-11H,5-8H2,1-4H3. The van der Waals surface area contributed by atoms with E-state index in [0.29, 0.717) is 12.1 Å². The van der Waals surface area contributed by atoms with Gasteiger partial charge in [-0.1, -0.05) is 0 Å². The maximum absolute atomic E-state index is 5.47. The summed E-state index contributed by atoms with van der Waals surface area (Å²) in [6.07, 6.45) is 2.44. The van der Waals surface area contributed by atoms with Crippen LogP contribution in [-0.2, 0) is 9.47 Å². The molecule has 80 valence electrons. The summed E-state index contributed by atoms with van der Waals surface area (Å²) >= 11 is 0. The first-order valence-electron chi connectivity index (χ1n) is 4.98. The highest BCUT2D eigenvalue weighted by Crippen LogP contribution is 2.00. The molecule has 0 aliphatic carbocycles. The Morgan fingerprint density at radius 1 is 1.15 bits per heavy atom. The van der Waals surface area contributed by atoms with Crippen LogP contribution in [0, 0.1) is 0 Å². The fraction of sp³-hybridized carbons (Fsp3) is 1.00. The van der Waals surface area contributed by atoms with Crippen molar-refractivity contribution < 1.29 is 9.47 Å². The van der Waals surface area contributed by atoms with E-state index in [0.717, 1.165) is 26.1 Å². The van der Waals surface area contributed by atoms with E-state index in [1.54, 1.807) is 7.11 Å². The molecular weight excluding hydrogens is 166 g/mol. The summed E-state index contributed by atoms with van der Waals surface area (Å²) in [5.74, 6) is 0. The summed E-state index contributed by atoms with van der Waals surface area (Å²) in [6.45, 7) is 5.76. The normalized spacial score (nSPS) is 13.6. The molecule has 3 nitrogen and oxygen atoms in total. The van der Waals surface area contributed by atoms with Crippen molar-refractivity contribution in [1.29, 1.82) is 0 Å². The Kier molecular flexibility index (Phi) is 8.40. The van der Waals surface area contributed by atoms with E-state index >= 15 is 0 Å². The van der Waals surface area contributed by atoms with Crippen molar-refractivity contribution in [2.75, 3.05) is 27.4 Å². The van der Waals surface area contributed by atoms with E-state index in [1.807, 2.05) is 7.05 Å². The predicted octanol–water partition coefficient (Wildman–Crippen LogP) is 1.43. The molecular formula is C10H23NO2. The summed E-state index contributed by atoms with van der Waals surface area (Å²) < 4.78 is 10.5. The second kappa shape index (κ2) is 8.48. The Balaban J connectivity index is 3.36. The molecule has 1 unspecified atom stereocenters. The van der Waals surface area contributed by atoms with Gasteiger partial charge in [-0.15, -0.1) is 0 Å². The molecule has 0 spiro atoms. The Bertz CT molecular complexity index is 107. The van der Waals surface area contributed by atoms with Crippen LogP contribution >= 0.6 is 0 Å². The molecule has 0 fully saturated rings. The molecule has 0 aromatic carbocycles. The van der Waals surface area contributed by atoms with Crippen molar-refractivity contribution in [2.24, 2.45) is 0 Å². The van der Waals surface area contributed by atoms with Gasteiger partial charge in [-0.3, -0.25) is 0 Å². The summed E-state index contributed by atoms with van der Waals surface area (Å²) in [5.41, 5.74) is 0. The molecule has 0 aromatic rings. The lowest BCUT2D eigenvalue weighted by molar-refractivity contribution is 0.0691. The van der Waals surface area contributed by atoms with E-state index in [4.69, 9.17) is 9.47 Å². The van der Waals surface area contributed by atoms with Gasteiger partial charge in [0.05, 0.1) is 6.10 Å². The molecule has 1 N–H and O–H groups in total. The van der Waals surface area contributed by atoms with Crippen LogP contribution in [0.15, 0.2) is 0 Å². The van der Waals surface area contributed by atoms with Gasteiger partial charge < -0.3 is 14.8 Å². The van der Waals surface area contributed by atoms with Crippen molar-refractivity contribution in [2.45, 2.75) is 38.8 Å². The van der Waals surface area contributed by atoms with Crippen LogP contribution in [0.1, 0.15) is 26.7 Å². The average molecular weight is 189 g/mol. The number of hydrogen-bond donors (Lipinski definition) is 1. The highest BCUT2D eigenvalue weighted by atomic mass is 16.5. The van der Waals surface area contributed by atoms with E-state index in [9.17, 15) is 0 Å². The molecule has 3 heteroatoms. The fourth-order valence-corrected chi connectivity index (χ4v) is 1.14. The smallest absolute Gasteiger partial charge is 0.0518 e. The highest BCUT2D eigenvalue weighted by Gasteiger charge is 2.05. The van der Waals surface area contributed by atoms with Gasteiger partial charge >= 0.3 is 0 Å². The summed E-state index contributed by atoms with van der Waals surface area (Å²) in [5, 5.41) is 3.25. The Hall–Kier alpha value is -0.120. The molecule has 1 atom stereocenters. The van der Waals surface area contributed by atoms with Gasteiger partial charge in [0.2, 0.25) is 0 Å². The lowest BCUT2D eigenvalue weighted by atomic mass is 10.1. The van der Waals surface area contributed by atoms with Gasteiger partial charge in [0.1, 0.15) is 0 Å². The van der Waals surface area contributed by atoms with Gasteiger partial charge in [-0.25, -0.2) is 0 Å². The summed E-state index contributed by atoms with van der Waals surface area (Å²) in [6, 6.07) is 0.513. The first-order chi connectivity index (χ1) is 6.20. The Labute approximate surface area is 81.8 Å². The molecule has 0 rings (SSSR count). The first-order valence-corrected chi connectivity index (χ1v) is 4.98. The highest BCUT2D eigenvalue weighted by molar-refractivity contribution is 4.63. The monoisotopic (exact) mass is 189 g/mol. The molecule has 0 amide bonds. The molecule has 13 heavy (non-hydrogen) atoms. The molecule has 0 aliphatic rings. The second-order valence-electron chi connectivity index (χ2n) is 3.48. The molecule has 0 aliphatic heterocycles. The van der Waals surface area contributed by atoms with Crippen LogP contribution in [0.4, 0.5) is 0 Å². The number of ether oxygens (including phenoxy) is 2. The minimum Gasteiger partial charge on any atom is -0.385 e. The molecule has 0 saturated carbocycles. The topological polar surface area (TPSA) is 30.5 Å². The maximum Gasteiger partial charge on any atom is 0.0518 e. The van der Waals surface area contributed by atoms with Crippen LogP contribution in [0.25, 0.3) is 0 Å².